The first kappa shape index (κ1) is 15.6. The van der Waals surface area contributed by atoms with E-state index in [-0.39, 0.29) is 5.69 Å². The second-order valence-electron chi connectivity index (χ2n) is 4.45. The SMILES string of the molecule is CN(C)S(=O)(=O)Nc1cc(Cl)ccc1Oc1ccccc1. The Morgan fingerprint density at radius 1 is 1.10 bits per heavy atom. The molecule has 2 aromatic carbocycles. The molecule has 0 heterocycles. The van der Waals surface area contributed by atoms with Crippen LogP contribution in [0.25, 0.3) is 0 Å². The van der Waals surface area contributed by atoms with Crippen LogP contribution in [0.15, 0.2) is 48.5 Å². The molecule has 0 atom stereocenters. The van der Waals surface area contributed by atoms with Crippen LogP contribution in [-0.2, 0) is 10.2 Å². The van der Waals surface area contributed by atoms with Gasteiger partial charge in [0.15, 0.2) is 5.75 Å². The third kappa shape index (κ3) is 4.10. The monoisotopic (exact) mass is 326 g/mol. The lowest BCUT2D eigenvalue weighted by Gasteiger charge is -2.16. The Balaban J connectivity index is 2.34. The second kappa shape index (κ2) is 6.34. The molecule has 21 heavy (non-hydrogen) atoms. The Morgan fingerprint density at radius 3 is 2.38 bits per heavy atom. The first-order valence-corrected chi connectivity index (χ1v) is 7.93. The zero-order chi connectivity index (χ0) is 15.5. The lowest BCUT2D eigenvalue weighted by Crippen LogP contribution is -2.29. The minimum atomic E-state index is -3.64. The number of ether oxygens (including phenoxy) is 1. The van der Waals surface area contributed by atoms with Gasteiger partial charge in [-0.15, -0.1) is 0 Å². The van der Waals surface area contributed by atoms with E-state index in [2.05, 4.69) is 4.72 Å². The number of hydrogen-bond acceptors (Lipinski definition) is 3. The zero-order valence-corrected chi connectivity index (χ0v) is 13.1. The molecule has 2 aromatic rings. The van der Waals surface area contributed by atoms with Crippen LogP contribution in [0.3, 0.4) is 0 Å². The predicted octanol–water partition coefficient (Wildman–Crippen LogP) is 3.35. The molecular formula is C14H15ClN2O3S. The van der Waals surface area contributed by atoms with Crippen molar-refractivity contribution in [2.75, 3.05) is 18.8 Å². The maximum absolute atomic E-state index is 11.9. The van der Waals surface area contributed by atoms with Gasteiger partial charge in [0, 0.05) is 19.1 Å². The van der Waals surface area contributed by atoms with E-state index in [1.165, 1.54) is 20.2 Å². The van der Waals surface area contributed by atoms with Crippen molar-refractivity contribution < 1.29 is 13.2 Å². The second-order valence-corrected chi connectivity index (χ2v) is 6.77. The van der Waals surface area contributed by atoms with Gasteiger partial charge in [-0.1, -0.05) is 29.8 Å². The maximum Gasteiger partial charge on any atom is 0.301 e. The first-order chi connectivity index (χ1) is 9.88. The minimum Gasteiger partial charge on any atom is -0.455 e. The largest absolute Gasteiger partial charge is 0.455 e. The number of nitrogens with zero attached hydrogens (tertiary/aromatic N) is 1. The molecule has 0 spiro atoms. The van der Waals surface area contributed by atoms with Gasteiger partial charge in [0.2, 0.25) is 0 Å². The molecule has 0 saturated heterocycles. The van der Waals surface area contributed by atoms with E-state index >= 15 is 0 Å². The van der Waals surface area contributed by atoms with Crippen molar-refractivity contribution in [1.29, 1.82) is 0 Å². The van der Waals surface area contributed by atoms with E-state index < -0.39 is 10.2 Å². The number of nitrogens with one attached hydrogen (secondary N) is 1. The molecule has 0 aliphatic carbocycles. The van der Waals surface area contributed by atoms with Gasteiger partial charge in [-0.25, -0.2) is 0 Å². The van der Waals surface area contributed by atoms with Crippen molar-refractivity contribution >= 4 is 27.5 Å². The molecule has 5 nitrogen and oxygen atoms in total. The Hall–Kier alpha value is -1.76. The molecule has 2 rings (SSSR count). The number of rotatable bonds is 5. The van der Waals surface area contributed by atoms with E-state index in [0.29, 0.717) is 16.5 Å². The van der Waals surface area contributed by atoms with Crippen LogP contribution in [0.4, 0.5) is 5.69 Å². The van der Waals surface area contributed by atoms with Crippen molar-refractivity contribution in [2.45, 2.75) is 0 Å². The molecule has 0 aliphatic heterocycles. The van der Waals surface area contributed by atoms with Crippen molar-refractivity contribution in [3.63, 3.8) is 0 Å². The van der Waals surface area contributed by atoms with E-state index in [1.54, 1.807) is 24.3 Å². The number of anilines is 1. The highest BCUT2D eigenvalue weighted by Crippen LogP contribution is 2.32. The molecule has 112 valence electrons. The van der Waals surface area contributed by atoms with Crippen LogP contribution in [0.1, 0.15) is 0 Å². The van der Waals surface area contributed by atoms with Gasteiger partial charge in [0.25, 0.3) is 0 Å². The summed E-state index contributed by atoms with van der Waals surface area (Å²) in [5, 5.41) is 0.409. The molecule has 0 aliphatic rings. The van der Waals surface area contributed by atoms with Crippen LogP contribution in [0.5, 0.6) is 11.5 Å². The number of hydrogen-bond donors (Lipinski definition) is 1. The first-order valence-electron chi connectivity index (χ1n) is 6.11. The summed E-state index contributed by atoms with van der Waals surface area (Å²) in [4.78, 5) is 0. The molecule has 0 unspecified atom stereocenters. The quantitative estimate of drug-likeness (QED) is 0.916. The molecule has 0 saturated carbocycles. The molecule has 7 heteroatoms. The average molecular weight is 327 g/mol. The summed E-state index contributed by atoms with van der Waals surface area (Å²) in [6, 6.07) is 13.8. The molecule has 0 fully saturated rings. The number of para-hydroxylation sites is 1. The fourth-order valence-electron chi connectivity index (χ4n) is 1.52. The van der Waals surface area contributed by atoms with Crippen molar-refractivity contribution in [3.8, 4) is 11.5 Å². The van der Waals surface area contributed by atoms with E-state index in [1.807, 2.05) is 18.2 Å². The summed E-state index contributed by atoms with van der Waals surface area (Å²) in [6.07, 6.45) is 0. The van der Waals surface area contributed by atoms with Gasteiger partial charge in [-0.3, -0.25) is 4.72 Å². The molecular weight excluding hydrogens is 312 g/mol. The van der Waals surface area contributed by atoms with Crippen molar-refractivity contribution in [1.82, 2.24) is 4.31 Å². The van der Waals surface area contributed by atoms with Gasteiger partial charge in [-0.05, 0) is 30.3 Å². The van der Waals surface area contributed by atoms with Crippen LogP contribution in [0.2, 0.25) is 5.02 Å². The summed E-state index contributed by atoms with van der Waals surface area (Å²) in [5.74, 6) is 0.973. The van der Waals surface area contributed by atoms with Crippen molar-refractivity contribution in [3.05, 3.63) is 53.6 Å². The van der Waals surface area contributed by atoms with E-state index in [4.69, 9.17) is 16.3 Å². The average Bonchev–Trinajstić information content (AvgIpc) is 2.42. The summed E-state index contributed by atoms with van der Waals surface area (Å²) in [5.41, 5.74) is 0.278. The highest BCUT2D eigenvalue weighted by molar-refractivity contribution is 7.90. The summed E-state index contributed by atoms with van der Waals surface area (Å²) >= 11 is 5.92. The fourth-order valence-corrected chi connectivity index (χ4v) is 2.31. The molecule has 0 bridgehead atoms. The zero-order valence-electron chi connectivity index (χ0n) is 11.6. The molecule has 1 N–H and O–H groups in total. The Kier molecular flexibility index (Phi) is 4.72. The lowest BCUT2D eigenvalue weighted by molar-refractivity contribution is 0.484. The third-order valence-corrected chi connectivity index (χ3v) is 4.31. The Labute approximate surface area is 129 Å². The fraction of sp³-hybridized carbons (Fsp3) is 0.143. The van der Waals surface area contributed by atoms with Gasteiger partial charge in [0.1, 0.15) is 5.75 Å². The minimum absolute atomic E-state index is 0.278. The van der Waals surface area contributed by atoms with Gasteiger partial charge in [0.05, 0.1) is 5.69 Å². The topological polar surface area (TPSA) is 58.6 Å². The van der Waals surface area contributed by atoms with Crippen LogP contribution < -0.4 is 9.46 Å². The summed E-state index contributed by atoms with van der Waals surface area (Å²) in [6.45, 7) is 0. The van der Waals surface area contributed by atoms with Gasteiger partial charge in [-0.2, -0.15) is 12.7 Å². The standard InChI is InChI=1S/C14H15ClN2O3S/c1-17(2)21(18,19)16-13-10-11(15)8-9-14(13)20-12-6-4-3-5-7-12/h3-10,16H,1-2H3. The smallest absolute Gasteiger partial charge is 0.301 e. The number of halogens is 1. The Morgan fingerprint density at radius 2 is 1.76 bits per heavy atom. The third-order valence-electron chi connectivity index (χ3n) is 2.63. The normalized spacial score (nSPS) is 11.4. The van der Waals surface area contributed by atoms with Crippen LogP contribution in [0, 0.1) is 0 Å². The Bertz CT molecular complexity index is 718. The van der Waals surface area contributed by atoms with Crippen molar-refractivity contribution in [2.24, 2.45) is 0 Å². The summed E-state index contributed by atoms with van der Waals surface area (Å²) < 4.78 is 33.1. The van der Waals surface area contributed by atoms with Gasteiger partial charge >= 0.3 is 10.2 Å². The highest BCUT2D eigenvalue weighted by atomic mass is 35.5. The van der Waals surface area contributed by atoms with Crippen LogP contribution >= 0.6 is 11.6 Å². The highest BCUT2D eigenvalue weighted by Gasteiger charge is 2.16. The van der Waals surface area contributed by atoms with Gasteiger partial charge < -0.3 is 4.74 Å². The van der Waals surface area contributed by atoms with E-state index in [9.17, 15) is 8.42 Å². The molecule has 0 radical (unpaired) electrons. The maximum atomic E-state index is 11.9. The predicted molar refractivity (Wildman–Crippen MR) is 84.2 cm³/mol. The van der Waals surface area contributed by atoms with E-state index in [0.717, 1.165) is 4.31 Å². The summed E-state index contributed by atoms with van der Waals surface area (Å²) in [7, 11) is -0.768. The molecule has 0 aromatic heterocycles. The molecule has 0 amide bonds. The van der Waals surface area contributed by atoms with Crippen LogP contribution in [-0.4, -0.2) is 26.8 Å². The lowest BCUT2D eigenvalue weighted by atomic mass is 10.3. The number of benzene rings is 2.